The van der Waals surface area contributed by atoms with Crippen LogP contribution in [-0.2, 0) is 4.79 Å². The lowest BCUT2D eigenvalue weighted by Gasteiger charge is -2.35. The SMILES string of the molecule is O=C(O)C1CCC(O)(CNc2cc(Br)ccc2F)CC1. The van der Waals surface area contributed by atoms with Crippen LogP contribution in [0.1, 0.15) is 25.7 Å². The molecule has 1 aliphatic rings. The molecule has 0 heterocycles. The van der Waals surface area contributed by atoms with Crippen LogP contribution in [0.4, 0.5) is 10.1 Å². The number of carboxylic acids is 1. The van der Waals surface area contributed by atoms with Crippen LogP contribution in [0.5, 0.6) is 0 Å². The third kappa shape index (κ3) is 3.70. The number of aliphatic hydroxyl groups is 1. The number of carboxylic acid groups (broad SMARTS) is 1. The molecule has 0 aromatic heterocycles. The van der Waals surface area contributed by atoms with E-state index in [1.165, 1.54) is 6.07 Å². The van der Waals surface area contributed by atoms with Gasteiger partial charge in [0.05, 0.1) is 17.2 Å². The van der Waals surface area contributed by atoms with E-state index in [-0.39, 0.29) is 18.3 Å². The summed E-state index contributed by atoms with van der Waals surface area (Å²) in [5.41, 5.74) is -0.645. The molecule has 3 N–H and O–H groups in total. The highest BCUT2D eigenvalue weighted by molar-refractivity contribution is 9.10. The summed E-state index contributed by atoms with van der Waals surface area (Å²) in [5, 5.41) is 22.2. The van der Waals surface area contributed by atoms with Crippen molar-refractivity contribution in [2.24, 2.45) is 5.92 Å². The zero-order valence-corrected chi connectivity index (χ0v) is 12.5. The van der Waals surface area contributed by atoms with Crippen molar-refractivity contribution in [3.8, 4) is 0 Å². The van der Waals surface area contributed by atoms with E-state index in [0.29, 0.717) is 31.4 Å². The molecule has 1 aromatic carbocycles. The van der Waals surface area contributed by atoms with E-state index in [9.17, 15) is 14.3 Å². The van der Waals surface area contributed by atoms with E-state index in [1.807, 2.05) is 0 Å². The van der Waals surface area contributed by atoms with Crippen LogP contribution in [0.15, 0.2) is 22.7 Å². The Hall–Kier alpha value is -1.14. The van der Waals surface area contributed by atoms with Crippen LogP contribution in [0, 0.1) is 11.7 Å². The van der Waals surface area contributed by atoms with Crippen molar-refractivity contribution in [3.63, 3.8) is 0 Å². The van der Waals surface area contributed by atoms with Gasteiger partial charge in [-0.3, -0.25) is 4.79 Å². The number of rotatable bonds is 4. The van der Waals surface area contributed by atoms with Crippen molar-refractivity contribution in [2.45, 2.75) is 31.3 Å². The number of carbonyl (C=O) groups is 1. The van der Waals surface area contributed by atoms with Gasteiger partial charge in [-0.05, 0) is 43.9 Å². The molecule has 0 aliphatic heterocycles. The molecule has 110 valence electrons. The molecule has 0 saturated heterocycles. The predicted molar refractivity (Wildman–Crippen MR) is 77.1 cm³/mol. The smallest absolute Gasteiger partial charge is 0.306 e. The Labute approximate surface area is 125 Å². The summed E-state index contributed by atoms with van der Waals surface area (Å²) in [6.45, 7) is 0.215. The highest BCUT2D eigenvalue weighted by Crippen LogP contribution is 2.33. The Kier molecular flexibility index (Phi) is 4.65. The van der Waals surface area contributed by atoms with Gasteiger partial charge in [0.25, 0.3) is 0 Å². The second kappa shape index (κ2) is 6.10. The van der Waals surface area contributed by atoms with Gasteiger partial charge in [-0.15, -0.1) is 0 Å². The average Bonchev–Trinajstić information content (AvgIpc) is 2.40. The van der Waals surface area contributed by atoms with Gasteiger partial charge in [-0.1, -0.05) is 15.9 Å². The Bertz CT molecular complexity index is 501. The van der Waals surface area contributed by atoms with Crippen molar-refractivity contribution in [1.82, 2.24) is 0 Å². The summed E-state index contributed by atoms with van der Waals surface area (Å²) in [6.07, 6.45) is 1.72. The molecule has 1 fully saturated rings. The maximum absolute atomic E-state index is 13.6. The number of halogens is 2. The minimum absolute atomic E-state index is 0.215. The Morgan fingerprint density at radius 3 is 2.70 bits per heavy atom. The Morgan fingerprint density at radius 1 is 1.45 bits per heavy atom. The molecule has 1 saturated carbocycles. The summed E-state index contributed by atoms with van der Waals surface area (Å²) in [5.74, 6) is -1.56. The molecule has 0 atom stereocenters. The first-order valence-electron chi connectivity index (χ1n) is 6.54. The maximum Gasteiger partial charge on any atom is 0.306 e. The number of hydrogen-bond acceptors (Lipinski definition) is 3. The number of nitrogens with one attached hydrogen (secondary N) is 1. The van der Waals surface area contributed by atoms with Gasteiger partial charge in [0.1, 0.15) is 5.82 Å². The molecule has 0 spiro atoms. The van der Waals surface area contributed by atoms with Gasteiger partial charge in [-0.2, -0.15) is 0 Å². The van der Waals surface area contributed by atoms with Crippen LogP contribution in [0.2, 0.25) is 0 Å². The van der Waals surface area contributed by atoms with E-state index >= 15 is 0 Å². The number of benzene rings is 1. The fraction of sp³-hybridized carbons (Fsp3) is 0.500. The molecule has 1 aromatic rings. The second-order valence-corrected chi connectivity index (χ2v) is 6.23. The van der Waals surface area contributed by atoms with Crippen LogP contribution in [0.25, 0.3) is 0 Å². The van der Waals surface area contributed by atoms with Gasteiger partial charge >= 0.3 is 5.97 Å². The van der Waals surface area contributed by atoms with Gasteiger partial charge < -0.3 is 15.5 Å². The molecule has 4 nitrogen and oxygen atoms in total. The van der Waals surface area contributed by atoms with Crippen molar-refractivity contribution >= 4 is 27.6 Å². The topological polar surface area (TPSA) is 69.6 Å². The lowest BCUT2D eigenvalue weighted by atomic mass is 9.79. The van der Waals surface area contributed by atoms with Crippen molar-refractivity contribution in [3.05, 3.63) is 28.5 Å². The van der Waals surface area contributed by atoms with E-state index in [4.69, 9.17) is 5.11 Å². The summed E-state index contributed by atoms with van der Waals surface area (Å²) in [6, 6.07) is 4.56. The molecule has 20 heavy (non-hydrogen) atoms. The maximum atomic E-state index is 13.6. The second-order valence-electron chi connectivity index (χ2n) is 5.31. The number of aliphatic carboxylic acids is 1. The normalized spacial score (nSPS) is 26.2. The predicted octanol–water partition coefficient (Wildman–Crippen LogP) is 3.01. The average molecular weight is 346 g/mol. The summed E-state index contributed by atoms with van der Waals surface area (Å²) in [7, 11) is 0. The third-order valence-corrected chi connectivity index (χ3v) is 4.30. The van der Waals surface area contributed by atoms with Crippen LogP contribution >= 0.6 is 15.9 Å². The molecule has 0 amide bonds. The third-order valence-electron chi connectivity index (χ3n) is 3.80. The Balaban J connectivity index is 1.94. The molecular formula is C14H17BrFNO3. The van der Waals surface area contributed by atoms with E-state index in [0.717, 1.165) is 4.47 Å². The summed E-state index contributed by atoms with van der Waals surface area (Å²) in [4.78, 5) is 10.9. The molecule has 0 bridgehead atoms. The fourth-order valence-electron chi connectivity index (χ4n) is 2.47. The lowest BCUT2D eigenvalue weighted by Crippen LogP contribution is -2.42. The number of anilines is 1. The molecule has 0 unspecified atom stereocenters. The van der Waals surface area contributed by atoms with Crippen molar-refractivity contribution in [1.29, 1.82) is 0 Å². The fourth-order valence-corrected chi connectivity index (χ4v) is 2.83. The van der Waals surface area contributed by atoms with Gasteiger partial charge in [0.15, 0.2) is 0 Å². The van der Waals surface area contributed by atoms with Crippen molar-refractivity contribution in [2.75, 3.05) is 11.9 Å². The monoisotopic (exact) mass is 345 g/mol. The zero-order chi connectivity index (χ0) is 14.8. The Morgan fingerprint density at radius 2 is 2.10 bits per heavy atom. The number of hydrogen-bond donors (Lipinski definition) is 3. The highest BCUT2D eigenvalue weighted by atomic mass is 79.9. The van der Waals surface area contributed by atoms with E-state index < -0.39 is 11.6 Å². The quantitative estimate of drug-likeness (QED) is 0.784. The largest absolute Gasteiger partial charge is 0.481 e. The highest BCUT2D eigenvalue weighted by Gasteiger charge is 2.35. The van der Waals surface area contributed by atoms with Gasteiger partial charge in [0, 0.05) is 11.0 Å². The minimum Gasteiger partial charge on any atom is -0.481 e. The van der Waals surface area contributed by atoms with Gasteiger partial charge in [-0.25, -0.2) is 4.39 Å². The summed E-state index contributed by atoms with van der Waals surface area (Å²) >= 11 is 3.27. The van der Waals surface area contributed by atoms with E-state index in [2.05, 4.69) is 21.2 Å². The van der Waals surface area contributed by atoms with Gasteiger partial charge in [0.2, 0.25) is 0 Å². The minimum atomic E-state index is -0.972. The van der Waals surface area contributed by atoms with E-state index in [1.54, 1.807) is 12.1 Å². The van der Waals surface area contributed by atoms with Crippen LogP contribution in [0.3, 0.4) is 0 Å². The van der Waals surface area contributed by atoms with Crippen molar-refractivity contribution < 1.29 is 19.4 Å². The standard InChI is InChI=1S/C14H17BrFNO3/c15-10-1-2-11(16)12(7-10)17-8-14(20)5-3-9(4-6-14)13(18)19/h1-2,7,9,17,20H,3-6,8H2,(H,18,19). The lowest BCUT2D eigenvalue weighted by molar-refractivity contribution is -0.144. The van der Waals surface area contributed by atoms with Crippen LogP contribution < -0.4 is 5.32 Å². The molecule has 1 aliphatic carbocycles. The molecular weight excluding hydrogens is 329 g/mol. The first-order valence-corrected chi connectivity index (χ1v) is 7.33. The summed E-state index contributed by atoms with van der Waals surface area (Å²) < 4.78 is 14.3. The molecule has 6 heteroatoms. The van der Waals surface area contributed by atoms with Crippen LogP contribution in [-0.4, -0.2) is 28.3 Å². The molecule has 0 radical (unpaired) electrons. The first-order chi connectivity index (χ1) is 9.39. The molecule has 2 rings (SSSR count). The first kappa shape index (κ1) is 15.3. The zero-order valence-electron chi connectivity index (χ0n) is 10.9.